The SMILES string of the molecule is c1ccc(-c2ccc(-c3nc(-c4ccc(-c5cc(-c6ccccc6)cc(-c6ccccc6)c5)cc4)nc(-c4ccc5c(c4)C(c4ccccc4)(c4ccccc4)c4ccccc4-5)n3)cc2)cc1. The van der Waals surface area contributed by atoms with Crippen molar-refractivity contribution >= 4 is 0 Å². The van der Waals surface area contributed by atoms with Crippen LogP contribution in [0.15, 0.2) is 261 Å². The average molecular weight is 854 g/mol. The third-order valence-electron chi connectivity index (χ3n) is 13.2. The molecule has 10 aromatic carbocycles. The third kappa shape index (κ3) is 7.24. The molecule has 0 saturated heterocycles. The molecule has 0 bridgehead atoms. The van der Waals surface area contributed by atoms with Crippen LogP contribution in [-0.2, 0) is 5.41 Å². The summed E-state index contributed by atoms with van der Waals surface area (Å²) in [5.41, 5.74) is 18.8. The van der Waals surface area contributed by atoms with Gasteiger partial charge in [0.2, 0.25) is 0 Å². The van der Waals surface area contributed by atoms with Gasteiger partial charge in [0.15, 0.2) is 17.5 Å². The Morgan fingerprint density at radius 3 is 0.985 bits per heavy atom. The van der Waals surface area contributed by atoms with Gasteiger partial charge in [-0.3, -0.25) is 0 Å². The highest BCUT2D eigenvalue weighted by molar-refractivity contribution is 5.88. The van der Waals surface area contributed by atoms with Crippen LogP contribution in [0.2, 0.25) is 0 Å². The molecule has 3 nitrogen and oxygen atoms in total. The van der Waals surface area contributed by atoms with E-state index in [2.05, 4.69) is 255 Å². The van der Waals surface area contributed by atoms with Crippen molar-refractivity contribution in [3.8, 4) is 89.8 Å². The van der Waals surface area contributed by atoms with Crippen molar-refractivity contribution < 1.29 is 0 Å². The highest BCUT2D eigenvalue weighted by atomic mass is 15.0. The Balaban J connectivity index is 1.01. The van der Waals surface area contributed by atoms with Crippen LogP contribution in [-0.4, -0.2) is 15.0 Å². The minimum atomic E-state index is -0.551. The number of aromatic nitrogens is 3. The number of fused-ring (bicyclic) bond motifs is 3. The van der Waals surface area contributed by atoms with Gasteiger partial charge in [-0.25, -0.2) is 15.0 Å². The summed E-state index contributed by atoms with van der Waals surface area (Å²) in [6.45, 7) is 0. The predicted octanol–water partition coefficient (Wildman–Crippen LogP) is 15.9. The number of hydrogen-bond donors (Lipinski definition) is 0. The lowest BCUT2D eigenvalue weighted by atomic mass is 9.67. The molecule has 0 atom stereocenters. The molecule has 11 aromatic rings. The summed E-state index contributed by atoms with van der Waals surface area (Å²) in [6.07, 6.45) is 0. The molecule has 0 N–H and O–H groups in total. The Labute approximate surface area is 391 Å². The first-order valence-corrected chi connectivity index (χ1v) is 22.8. The van der Waals surface area contributed by atoms with Crippen molar-refractivity contribution in [1.29, 1.82) is 0 Å². The quantitative estimate of drug-likeness (QED) is 0.145. The van der Waals surface area contributed by atoms with Gasteiger partial charge in [-0.15, -0.1) is 0 Å². The summed E-state index contributed by atoms with van der Waals surface area (Å²) in [6, 6.07) is 93.1. The Morgan fingerprint density at radius 2 is 0.522 bits per heavy atom. The summed E-state index contributed by atoms with van der Waals surface area (Å²) in [4.78, 5) is 15.8. The first kappa shape index (κ1) is 39.8. The standard InChI is InChI=1S/C64H43N3/c1-6-18-44(19-7-1)47-30-34-49(35-31-47)61-65-62(50-36-32-48(33-37-50)54-41-52(45-20-8-2-9-21-45)40-53(42-54)46-22-10-3-11-23-46)67-63(66-61)51-38-39-58-57-28-16-17-29-59(57)64(60(58)43-51,55-24-12-4-13-25-55)56-26-14-5-15-27-56/h1-43H. The maximum Gasteiger partial charge on any atom is 0.164 e. The zero-order chi connectivity index (χ0) is 44.6. The van der Waals surface area contributed by atoms with E-state index in [1.54, 1.807) is 0 Å². The van der Waals surface area contributed by atoms with Crippen LogP contribution in [0.25, 0.3) is 89.8 Å². The van der Waals surface area contributed by atoms with Crippen molar-refractivity contribution in [1.82, 2.24) is 15.0 Å². The largest absolute Gasteiger partial charge is 0.208 e. The minimum absolute atomic E-state index is 0.551. The van der Waals surface area contributed by atoms with Crippen molar-refractivity contribution in [3.63, 3.8) is 0 Å². The van der Waals surface area contributed by atoms with Crippen LogP contribution < -0.4 is 0 Å². The molecular formula is C64H43N3. The van der Waals surface area contributed by atoms with Gasteiger partial charge in [0.05, 0.1) is 5.41 Å². The van der Waals surface area contributed by atoms with Gasteiger partial charge in [0.1, 0.15) is 0 Å². The number of benzene rings is 10. The second-order valence-corrected chi connectivity index (χ2v) is 17.1. The van der Waals surface area contributed by atoms with Crippen molar-refractivity contribution in [3.05, 3.63) is 283 Å². The number of hydrogen-bond acceptors (Lipinski definition) is 3. The fourth-order valence-electron chi connectivity index (χ4n) is 9.99. The summed E-state index contributed by atoms with van der Waals surface area (Å²) < 4.78 is 0. The van der Waals surface area contributed by atoms with Crippen LogP contribution in [0.3, 0.4) is 0 Å². The maximum atomic E-state index is 5.32. The van der Waals surface area contributed by atoms with E-state index in [-0.39, 0.29) is 0 Å². The van der Waals surface area contributed by atoms with Crippen LogP contribution in [0.5, 0.6) is 0 Å². The summed E-state index contributed by atoms with van der Waals surface area (Å²) in [5, 5.41) is 0. The molecule has 1 heterocycles. The molecule has 0 unspecified atom stereocenters. The smallest absolute Gasteiger partial charge is 0.164 e. The van der Waals surface area contributed by atoms with Crippen LogP contribution in [0.1, 0.15) is 22.3 Å². The van der Waals surface area contributed by atoms with Crippen molar-refractivity contribution in [2.24, 2.45) is 0 Å². The van der Waals surface area contributed by atoms with E-state index >= 15 is 0 Å². The Bertz CT molecular complexity index is 3420. The van der Waals surface area contributed by atoms with Crippen molar-refractivity contribution in [2.75, 3.05) is 0 Å². The van der Waals surface area contributed by atoms with Crippen LogP contribution >= 0.6 is 0 Å². The fourth-order valence-corrected chi connectivity index (χ4v) is 9.99. The molecule has 0 saturated carbocycles. The van der Waals surface area contributed by atoms with Crippen LogP contribution in [0, 0.1) is 0 Å². The number of rotatable bonds is 9. The normalized spacial score (nSPS) is 12.3. The third-order valence-corrected chi connectivity index (χ3v) is 13.2. The van der Waals surface area contributed by atoms with Gasteiger partial charge in [0, 0.05) is 16.7 Å². The molecule has 1 aliphatic rings. The first-order valence-electron chi connectivity index (χ1n) is 22.8. The topological polar surface area (TPSA) is 38.7 Å². The van der Waals surface area contributed by atoms with E-state index in [0.717, 1.165) is 38.9 Å². The molecule has 0 amide bonds. The van der Waals surface area contributed by atoms with Gasteiger partial charge >= 0.3 is 0 Å². The molecule has 0 spiro atoms. The summed E-state index contributed by atoms with van der Waals surface area (Å²) in [5.74, 6) is 1.85. The number of nitrogens with zero attached hydrogens (tertiary/aromatic N) is 3. The Hall–Kier alpha value is -8.79. The monoisotopic (exact) mass is 853 g/mol. The predicted molar refractivity (Wildman–Crippen MR) is 275 cm³/mol. The average Bonchev–Trinajstić information content (AvgIpc) is 3.72. The molecule has 67 heavy (non-hydrogen) atoms. The lowest BCUT2D eigenvalue weighted by Gasteiger charge is -2.34. The van der Waals surface area contributed by atoms with Gasteiger partial charge < -0.3 is 0 Å². The van der Waals surface area contributed by atoms with Crippen molar-refractivity contribution in [2.45, 2.75) is 5.41 Å². The Kier molecular flexibility index (Phi) is 10.1. The van der Waals surface area contributed by atoms with E-state index in [1.165, 1.54) is 55.6 Å². The molecule has 314 valence electrons. The van der Waals surface area contributed by atoms with Gasteiger partial charge in [0.25, 0.3) is 0 Å². The van der Waals surface area contributed by atoms with Gasteiger partial charge in [-0.05, 0) is 102 Å². The van der Waals surface area contributed by atoms with E-state index in [0.29, 0.717) is 17.5 Å². The highest BCUT2D eigenvalue weighted by Crippen LogP contribution is 2.56. The van der Waals surface area contributed by atoms with E-state index < -0.39 is 5.41 Å². The molecule has 0 fully saturated rings. The maximum absolute atomic E-state index is 5.32. The van der Waals surface area contributed by atoms with E-state index in [4.69, 9.17) is 15.0 Å². The molecule has 1 aliphatic carbocycles. The van der Waals surface area contributed by atoms with E-state index in [1.807, 2.05) is 6.07 Å². The lowest BCUT2D eigenvalue weighted by Crippen LogP contribution is -2.28. The van der Waals surface area contributed by atoms with Crippen LogP contribution in [0.4, 0.5) is 0 Å². The van der Waals surface area contributed by atoms with E-state index in [9.17, 15) is 0 Å². The molecule has 0 aliphatic heterocycles. The molecule has 0 radical (unpaired) electrons. The zero-order valence-corrected chi connectivity index (χ0v) is 36.7. The van der Waals surface area contributed by atoms with Gasteiger partial charge in [-0.1, -0.05) is 237 Å². The lowest BCUT2D eigenvalue weighted by molar-refractivity contribution is 0.768. The van der Waals surface area contributed by atoms with Gasteiger partial charge in [-0.2, -0.15) is 0 Å². The second-order valence-electron chi connectivity index (χ2n) is 17.1. The minimum Gasteiger partial charge on any atom is -0.208 e. The summed E-state index contributed by atoms with van der Waals surface area (Å²) >= 11 is 0. The first-order chi connectivity index (χ1) is 33.2. The molecular weight excluding hydrogens is 811 g/mol. The Morgan fingerprint density at radius 1 is 0.209 bits per heavy atom. The fraction of sp³-hybridized carbons (Fsp3) is 0.0156. The second kappa shape index (κ2) is 17.0. The zero-order valence-electron chi connectivity index (χ0n) is 36.7. The molecule has 3 heteroatoms. The molecule has 12 rings (SSSR count). The molecule has 1 aromatic heterocycles. The summed E-state index contributed by atoms with van der Waals surface area (Å²) in [7, 11) is 0. The highest BCUT2D eigenvalue weighted by Gasteiger charge is 2.46.